The summed E-state index contributed by atoms with van der Waals surface area (Å²) in [5, 5.41) is 0. The highest BCUT2D eigenvalue weighted by atomic mass is 16.5. The highest BCUT2D eigenvalue weighted by molar-refractivity contribution is 5.65. The lowest BCUT2D eigenvalue weighted by molar-refractivity contribution is -0.140. The topological polar surface area (TPSA) is 44.1 Å². The van der Waals surface area contributed by atoms with Crippen molar-refractivity contribution in [1.29, 1.82) is 0 Å². The number of ether oxygens (including phenoxy) is 1. The molecule has 0 aliphatic rings. The molecular weight excluding hydrogens is 432 g/mol. The van der Waals surface area contributed by atoms with E-state index in [0.717, 1.165) is 32.1 Å². The number of hydrogen-bond acceptors (Lipinski definition) is 3. The molecule has 1 aromatic carbocycles. The predicted molar refractivity (Wildman–Crippen MR) is 149 cm³/mol. The molecular formula is C31H46N2O2. The average Bonchev–Trinajstić information content (AvgIpc) is 3.31. The van der Waals surface area contributed by atoms with E-state index in [2.05, 4.69) is 99.2 Å². The van der Waals surface area contributed by atoms with Crippen LogP contribution in [-0.2, 0) is 21.4 Å². The van der Waals surface area contributed by atoms with Crippen LogP contribution in [0.25, 0.3) is 0 Å². The third kappa shape index (κ3) is 8.69. The van der Waals surface area contributed by atoms with E-state index in [-0.39, 0.29) is 11.4 Å². The van der Waals surface area contributed by atoms with Crippen molar-refractivity contribution in [1.82, 2.24) is 9.55 Å². The number of rotatable bonds is 12. The van der Waals surface area contributed by atoms with Crippen LogP contribution >= 0.6 is 0 Å². The van der Waals surface area contributed by atoms with E-state index in [0.29, 0.717) is 12.6 Å². The van der Waals surface area contributed by atoms with Crippen LogP contribution in [0.15, 0.2) is 73.1 Å². The number of carbonyl (C=O) groups is 1. The standard InChI is InChI=1S/C27H38N2.C4H8O2/c1-7-13-25(14-8-2)27(17-9-3,18-10-4)26-28-19-20-29(26)23(6)21-24-16-12-11-15-22(24)5;1-3-6-4(2)5/h7-8,11-16,19-20,23H,1,9-10,17-18,21H2,2-6H3;3H2,1-2H3/b14-8-,25-13+;. The van der Waals surface area contributed by atoms with Gasteiger partial charge in [-0.25, -0.2) is 4.98 Å². The van der Waals surface area contributed by atoms with Gasteiger partial charge in [0.05, 0.1) is 12.0 Å². The number of allylic oxidation sites excluding steroid dienone is 5. The zero-order valence-electron chi connectivity index (χ0n) is 23.0. The van der Waals surface area contributed by atoms with Crippen LogP contribution < -0.4 is 0 Å². The van der Waals surface area contributed by atoms with E-state index in [9.17, 15) is 4.79 Å². The van der Waals surface area contributed by atoms with Gasteiger partial charge in [-0.05, 0) is 63.7 Å². The van der Waals surface area contributed by atoms with Gasteiger partial charge in [0.2, 0.25) is 0 Å². The molecule has 2 rings (SSSR count). The molecule has 35 heavy (non-hydrogen) atoms. The average molecular weight is 479 g/mol. The third-order valence-corrected chi connectivity index (χ3v) is 6.25. The van der Waals surface area contributed by atoms with Crippen LogP contribution in [0.2, 0.25) is 0 Å². The summed E-state index contributed by atoms with van der Waals surface area (Å²) in [4.78, 5) is 14.8. The molecule has 1 atom stereocenters. The van der Waals surface area contributed by atoms with Crippen molar-refractivity contribution < 1.29 is 9.53 Å². The molecule has 2 aromatic rings. The molecule has 0 saturated heterocycles. The summed E-state index contributed by atoms with van der Waals surface area (Å²) in [6, 6.07) is 9.04. The highest BCUT2D eigenvalue weighted by Crippen LogP contribution is 2.42. The summed E-state index contributed by atoms with van der Waals surface area (Å²) in [5.41, 5.74) is 3.99. The number of esters is 1. The summed E-state index contributed by atoms with van der Waals surface area (Å²) < 4.78 is 6.82. The van der Waals surface area contributed by atoms with Crippen molar-refractivity contribution in [3.8, 4) is 0 Å². The molecule has 0 saturated carbocycles. The minimum atomic E-state index is -0.211. The second kappa shape index (κ2) is 15.9. The molecule has 0 spiro atoms. The Kier molecular flexibility index (Phi) is 13.7. The number of carbonyl (C=O) groups excluding carboxylic acids is 1. The number of benzene rings is 1. The number of aromatic nitrogens is 2. The molecule has 0 radical (unpaired) electrons. The first kappa shape index (κ1) is 30.2. The van der Waals surface area contributed by atoms with Crippen molar-refractivity contribution in [2.75, 3.05) is 6.61 Å². The molecule has 1 aromatic heterocycles. The summed E-state index contributed by atoms with van der Waals surface area (Å²) in [6.45, 7) is 18.8. The fraction of sp³-hybridized carbons (Fsp3) is 0.484. The normalized spacial score (nSPS) is 12.7. The first-order valence-corrected chi connectivity index (χ1v) is 13.0. The van der Waals surface area contributed by atoms with Crippen LogP contribution in [0.3, 0.4) is 0 Å². The highest BCUT2D eigenvalue weighted by Gasteiger charge is 2.38. The van der Waals surface area contributed by atoms with Crippen LogP contribution in [0.5, 0.6) is 0 Å². The van der Waals surface area contributed by atoms with Gasteiger partial charge in [0.25, 0.3) is 0 Å². The van der Waals surface area contributed by atoms with E-state index in [1.807, 2.05) is 12.3 Å². The fourth-order valence-corrected chi connectivity index (χ4v) is 4.80. The Labute approximate surface area is 213 Å². The number of nitrogens with zero attached hydrogens (tertiary/aromatic N) is 2. The van der Waals surface area contributed by atoms with Crippen molar-refractivity contribution in [2.45, 2.75) is 92.0 Å². The van der Waals surface area contributed by atoms with Gasteiger partial charge in [-0.15, -0.1) is 0 Å². The Morgan fingerprint density at radius 3 is 2.34 bits per heavy atom. The van der Waals surface area contributed by atoms with Gasteiger partial charge in [0.1, 0.15) is 5.82 Å². The van der Waals surface area contributed by atoms with E-state index in [1.165, 1.54) is 29.4 Å². The van der Waals surface area contributed by atoms with Gasteiger partial charge in [0, 0.05) is 25.4 Å². The zero-order chi connectivity index (χ0) is 26.3. The molecule has 1 unspecified atom stereocenters. The van der Waals surface area contributed by atoms with E-state index >= 15 is 0 Å². The monoisotopic (exact) mass is 478 g/mol. The van der Waals surface area contributed by atoms with Gasteiger partial charge in [-0.1, -0.05) is 81.8 Å². The molecule has 0 N–H and O–H groups in total. The van der Waals surface area contributed by atoms with Crippen LogP contribution in [0.1, 0.15) is 90.2 Å². The van der Waals surface area contributed by atoms with Gasteiger partial charge in [0.15, 0.2) is 0 Å². The van der Waals surface area contributed by atoms with Crippen LogP contribution in [0.4, 0.5) is 0 Å². The van der Waals surface area contributed by atoms with Gasteiger partial charge < -0.3 is 9.30 Å². The Bertz CT molecular complexity index is 962. The van der Waals surface area contributed by atoms with Crippen molar-refractivity contribution in [2.24, 2.45) is 0 Å². The number of aryl methyl sites for hydroxylation is 1. The smallest absolute Gasteiger partial charge is 0.302 e. The van der Waals surface area contributed by atoms with Crippen LogP contribution in [-0.4, -0.2) is 22.1 Å². The Morgan fingerprint density at radius 2 is 1.86 bits per heavy atom. The van der Waals surface area contributed by atoms with E-state index in [4.69, 9.17) is 4.98 Å². The summed E-state index contributed by atoms with van der Waals surface area (Å²) in [7, 11) is 0. The molecule has 0 amide bonds. The second-order valence-electron chi connectivity index (χ2n) is 9.00. The van der Waals surface area contributed by atoms with Crippen LogP contribution in [0, 0.1) is 6.92 Å². The molecule has 0 fully saturated rings. The number of hydrogen-bond donors (Lipinski definition) is 0. The van der Waals surface area contributed by atoms with Crippen molar-refractivity contribution in [3.05, 3.63) is 90.1 Å². The molecule has 1 heterocycles. The third-order valence-electron chi connectivity index (χ3n) is 6.25. The minimum absolute atomic E-state index is 0.0896. The Balaban J connectivity index is 0.000000905. The summed E-state index contributed by atoms with van der Waals surface area (Å²) in [5.74, 6) is 0.978. The predicted octanol–water partition coefficient (Wildman–Crippen LogP) is 8.09. The molecule has 0 aliphatic heterocycles. The fourth-order valence-electron chi connectivity index (χ4n) is 4.80. The lowest BCUT2D eigenvalue weighted by Crippen LogP contribution is -2.33. The van der Waals surface area contributed by atoms with Gasteiger partial charge in [-0.2, -0.15) is 0 Å². The summed E-state index contributed by atoms with van der Waals surface area (Å²) in [6.07, 6.45) is 18.0. The molecule has 4 heteroatoms. The summed E-state index contributed by atoms with van der Waals surface area (Å²) >= 11 is 0. The lowest BCUT2D eigenvalue weighted by atomic mass is 9.71. The first-order chi connectivity index (χ1) is 16.8. The molecule has 0 bridgehead atoms. The quantitative estimate of drug-likeness (QED) is 0.229. The largest absolute Gasteiger partial charge is 0.466 e. The molecule has 192 valence electrons. The van der Waals surface area contributed by atoms with Crippen molar-refractivity contribution in [3.63, 3.8) is 0 Å². The van der Waals surface area contributed by atoms with Crippen molar-refractivity contribution >= 4 is 5.97 Å². The van der Waals surface area contributed by atoms with Gasteiger partial charge in [-0.3, -0.25) is 4.79 Å². The van der Waals surface area contributed by atoms with Gasteiger partial charge >= 0.3 is 5.97 Å². The Hall–Kier alpha value is -2.88. The van der Waals surface area contributed by atoms with E-state index in [1.54, 1.807) is 6.92 Å². The maximum Gasteiger partial charge on any atom is 0.302 e. The second-order valence-corrected chi connectivity index (χ2v) is 9.00. The maximum absolute atomic E-state index is 9.82. The molecule has 0 aliphatic carbocycles. The zero-order valence-corrected chi connectivity index (χ0v) is 23.0. The maximum atomic E-state index is 9.82. The van der Waals surface area contributed by atoms with E-state index < -0.39 is 0 Å². The lowest BCUT2D eigenvalue weighted by Gasteiger charge is -2.36. The minimum Gasteiger partial charge on any atom is -0.466 e. The number of imidazole rings is 1. The SMILES string of the molecule is C=C/C=C(\C=C/C)C(CCC)(CCC)c1nccn1C(C)Cc1ccccc1C.CCOC(C)=O. The molecule has 4 nitrogen and oxygen atoms in total. The first-order valence-electron chi connectivity index (χ1n) is 13.0. The Morgan fingerprint density at radius 1 is 1.20 bits per heavy atom.